The zero-order valence-corrected chi connectivity index (χ0v) is 18.6. The molecule has 31 heavy (non-hydrogen) atoms. The first-order valence-corrected chi connectivity index (χ1v) is 11.8. The van der Waals surface area contributed by atoms with Crippen molar-refractivity contribution in [2.45, 2.75) is 30.7 Å². The Bertz CT molecular complexity index is 865. The van der Waals surface area contributed by atoms with Gasteiger partial charge in [-0.3, -0.25) is 9.59 Å². The maximum absolute atomic E-state index is 13.4. The Morgan fingerprint density at radius 3 is 2.61 bits per heavy atom. The number of methoxy groups -OCH3 is 1. The van der Waals surface area contributed by atoms with Crippen molar-refractivity contribution in [2.24, 2.45) is 0 Å². The molecule has 2 atom stereocenters. The number of nitrogens with zero attached hydrogens (tertiary/aromatic N) is 2. The van der Waals surface area contributed by atoms with Crippen LogP contribution in [0, 0.1) is 0 Å². The Morgan fingerprint density at radius 2 is 1.94 bits per heavy atom. The molecule has 2 aromatic rings. The summed E-state index contributed by atoms with van der Waals surface area (Å²) in [6.45, 7) is 3.64. The van der Waals surface area contributed by atoms with Crippen molar-refractivity contribution >= 4 is 23.6 Å². The number of carbonyl (C=O) groups excluding carboxylic acids is 2. The van der Waals surface area contributed by atoms with Gasteiger partial charge in [-0.1, -0.05) is 6.42 Å². The second-order valence-corrected chi connectivity index (χ2v) is 9.01. The van der Waals surface area contributed by atoms with Gasteiger partial charge < -0.3 is 24.3 Å². The van der Waals surface area contributed by atoms with Gasteiger partial charge in [-0.2, -0.15) is 0 Å². The lowest BCUT2D eigenvalue weighted by atomic mass is 10.1. The number of rotatable bonds is 7. The van der Waals surface area contributed by atoms with E-state index in [1.54, 1.807) is 60.6 Å². The Balaban J connectivity index is 1.47. The van der Waals surface area contributed by atoms with Gasteiger partial charge in [0, 0.05) is 30.0 Å². The summed E-state index contributed by atoms with van der Waals surface area (Å²) in [5, 5.41) is 2.80. The second-order valence-electron chi connectivity index (χ2n) is 7.89. The molecule has 2 unspecified atom stereocenters. The molecular formula is C23H29N3O4S. The SMILES string of the molecule is COc1ccc(C(=O)N2C(C(=O)NCCN3CCCCC3)CSC2c2ccoc2)cc1. The van der Waals surface area contributed by atoms with Crippen LogP contribution in [-0.4, -0.2) is 66.7 Å². The van der Waals surface area contributed by atoms with Crippen molar-refractivity contribution in [1.29, 1.82) is 0 Å². The fourth-order valence-corrected chi connectivity index (χ4v) is 5.56. The van der Waals surface area contributed by atoms with Gasteiger partial charge in [0.15, 0.2) is 0 Å². The second kappa shape index (κ2) is 10.2. The summed E-state index contributed by atoms with van der Waals surface area (Å²) >= 11 is 1.59. The minimum absolute atomic E-state index is 0.0997. The highest BCUT2D eigenvalue weighted by Crippen LogP contribution is 2.42. The van der Waals surface area contributed by atoms with Crippen molar-refractivity contribution in [2.75, 3.05) is 39.0 Å². The molecule has 0 spiro atoms. The molecule has 1 aromatic heterocycles. The van der Waals surface area contributed by atoms with Crippen LogP contribution in [-0.2, 0) is 4.79 Å². The van der Waals surface area contributed by atoms with Crippen molar-refractivity contribution in [3.8, 4) is 5.75 Å². The normalized spacial score (nSPS) is 21.8. The van der Waals surface area contributed by atoms with Gasteiger partial charge in [-0.25, -0.2) is 0 Å². The fraction of sp³-hybridized carbons (Fsp3) is 0.478. The van der Waals surface area contributed by atoms with Crippen molar-refractivity contribution < 1.29 is 18.7 Å². The average Bonchev–Trinajstić information content (AvgIpc) is 3.49. The van der Waals surface area contributed by atoms with Crippen LogP contribution in [0.2, 0.25) is 0 Å². The zero-order valence-electron chi connectivity index (χ0n) is 17.8. The number of piperidine rings is 1. The molecule has 1 aromatic carbocycles. The standard InChI is InChI=1S/C23H29N3O4S/c1-29-19-7-5-17(6-8-19)22(28)26-20(16-31-23(26)18-9-14-30-15-18)21(27)24-10-13-25-11-3-2-4-12-25/h5-9,14-15,20,23H,2-4,10-13,16H2,1H3,(H,24,27). The van der Waals surface area contributed by atoms with Crippen molar-refractivity contribution in [1.82, 2.24) is 15.1 Å². The van der Waals surface area contributed by atoms with Crippen LogP contribution >= 0.6 is 11.8 Å². The lowest BCUT2D eigenvalue weighted by molar-refractivity contribution is -0.124. The van der Waals surface area contributed by atoms with Gasteiger partial charge in [0.25, 0.3) is 5.91 Å². The highest BCUT2D eigenvalue weighted by Gasteiger charge is 2.42. The molecule has 166 valence electrons. The van der Waals surface area contributed by atoms with E-state index in [1.807, 2.05) is 6.07 Å². The number of benzene rings is 1. The molecule has 2 fully saturated rings. The lowest BCUT2D eigenvalue weighted by Gasteiger charge is -2.29. The molecule has 0 radical (unpaired) electrons. The molecule has 8 heteroatoms. The third-order valence-corrected chi connectivity index (χ3v) is 7.20. The van der Waals surface area contributed by atoms with Gasteiger partial charge >= 0.3 is 0 Å². The first-order chi connectivity index (χ1) is 15.2. The van der Waals surface area contributed by atoms with E-state index in [2.05, 4.69) is 10.2 Å². The highest BCUT2D eigenvalue weighted by molar-refractivity contribution is 7.99. The number of likely N-dealkylation sites (tertiary alicyclic amines) is 1. The molecule has 0 saturated carbocycles. The minimum Gasteiger partial charge on any atom is -0.497 e. The summed E-state index contributed by atoms with van der Waals surface area (Å²) in [5.74, 6) is 0.964. The molecule has 0 bridgehead atoms. The van der Waals surface area contributed by atoms with Gasteiger partial charge in [-0.05, 0) is 56.3 Å². The van der Waals surface area contributed by atoms with Gasteiger partial charge in [-0.15, -0.1) is 11.8 Å². The largest absolute Gasteiger partial charge is 0.497 e. The smallest absolute Gasteiger partial charge is 0.255 e. The summed E-state index contributed by atoms with van der Waals surface area (Å²) in [7, 11) is 1.59. The zero-order chi connectivity index (χ0) is 21.6. The number of hydrogen-bond acceptors (Lipinski definition) is 6. The predicted octanol–water partition coefficient (Wildman–Crippen LogP) is 3.15. The molecule has 1 N–H and O–H groups in total. The van der Waals surface area contributed by atoms with E-state index < -0.39 is 6.04 Å². The van der Waals surface area contributed by atoms with Crippen molar-refractivity contribution in [3.63, 3.8) is 0 Å². The van der Waals surface area contributed by atoms with Gasteiger partial charge in [0.1, 0.15) is 17.2 Å². The number of carbonyl (C=O) groups is 2. The van der Waals surface area contributed by atoms with E-state index >= 15 is 0 Å². The summed E-state index contributed by atoms with van der Waals surface area (Å²) in [5.41, 5.74) is 1.42. The summed E-state index contributed by atoms with van der Waals surface area (Å²) in [4.78, 5) is 30.6. The Kier molecular flexibility index (Phi) is 7.19. The molecule has 2 aliphatic rings. The van der Waals surface area contributed by atoms with Gasteiger partial charge in [0.2, 0.25) is 5.91 Å². The van der Waals surface area contributed by atoms with Crippen LogP contribution in [0.15, 0.2) is 47.3 Å². The molecule has 4 rings (SSSR count). The number of amides is 2. The van der Waals surface area contributed by atoms with E-state index in [-0.39, 0.29) is 17.2 Å². The number of ether oxygens (including phenoxy) is 1. The first kappa shape index (κ1) is 21.8. The first-order valence-electron chi connectivity index (χ1n) is 10.8. The van der Waals surface area contributed by atoms with Crippen LogP contribution in [0.1, 0.15) is 40.6 Å². The van der Waals surface area contributed by atoms with Gasteiger partial charge in [0.05, 0.1) is 19.6 Å². The van der Waals surface area contributed by atoms with Crippen molar-refractivity contribution in [3.05, 3.63) is 54.0 Å². The van der Waals surface area contributed by atoms with Crippen LogP contribution in [0.25, 0.3) is 0 Å². The maximum Gasteiger partial charge on any atom is 0.255 e. The van der Waals surface area contributed by atoms with E-state index in [9.17, 15) is 9.59 Å². The number of furan rings is 1. The molecule has 7 nitrogen and oxygen atoms in total. The van der Waals surface area contributed by atoms with Crippen LogP contribution < -0.4 is 10.1 Å². The fourth-order valence-electron chi connectivity index (χ4n) is 4.15. The lowest BCUT2D eigenvalue weighted by Crippen LogP contribution is -2.49. The van der Waals surface area contributed by atoms with E-state index in [4.69, 9.17) is 9.15 Å². The Labute approximate surface area is 187 Å². The van der Waals surface area contributed by atoms with Crippen LogP contribution in [0.3, 0.4) is 0 Å². The van der Waals surface area contributed by atoms with E-state index in [1.165, 1.54) is 19.3 Å². The highest BCUT2D eigenvalue weighted by atomic mass is 32.2. The Hall–Kier alpha value is -2.45. The topological polar surface area (TPSA) is 75.0 Å². The quantitative estimate of drug-likeness (QED) is 0.709. The average molecular weight is 444 g/mol. The predicted molar refractivity (Wildman–Crippen MR) is 120 cm³/mol. The Morgan fingerprint density at radius 1 is 1.16 bits per heavy atom. The minimum atomic E-state index is -0.527. The molecule has 2 saturated heterocycles. The molecule has 2 amide bonds. The summed E-state index contributed by atoms with van der Waals surface area (Å²) < 4.78 is 10.4. The van der Waals surface area contributed by atoms with E-state index in [0.29, 0.717) is 23.6 Å². The molecular weight excluding hydrogens is 414 g/mol. The monoisotopic (exact) mass is 443 g/mol. The molecule has 3 heterocycles. The molecule has 2 aliphatic heterocycles. The molecule has 0 aliphatic carbocycles. The third kappa shape index (κ3) is 5.07. The number of nitrogens with one attached hydrogen (secondary N) is 1. The van der Waals surface area contributed by atoms with Crippen LogP contribution in [0.5, 0.6) is 5.75 Å². The summed E-state index contributed by atoms with van der Waals surface area (Å²) in [6.07, 6.45) is 6.98. The van der Waals surface area contributed by atoms with Crippen LogP contribution in [0.4, 0.5) is 0 Å². The number of thioether (sulfide) groups is 1. The number of hydrogen-bond donors (Lipinski definition) is 1. The summed E-state index contributed by atoms with van der Waals surface area (Å²) in [6, 6.07) is 8.32. The van der Waals surface area contributed by atoms with E-state index in [0.717, 1.165) is 25.2 Å². The third-order valence-electron chi connectivity index (χ3n) is 5.88. The maximum atomic E-state index is 13.4.